The van der Waals surface area contributed by atoms with Gasteiger partial charge in [0.2, 0.25) is 5.91 Å². The molecule has 2 aromatic carbocycles. The van der Waals surface area contributed by atoms with Gasteiger partial charge in [-0.25, -0.2) is 4.39 Å². The summed E-state index contributed by atoms with van der Waals surface area (Å²) in [5.74, 6) is -0.401. The lowest BCUT2D eigenvalue weighted by atomic mass is 10.2. The Morgan fingerprint density at radius 3 is 2.52 bits per heavy atom. The molecule has 0 saturated heterocycles. The lowest BCUT2D eigenvalue weighted by Crippen LogP contribution is -2.34. The molecule has 2 rings (SSSR count). The number of rotatable bonds is 6. The molecule has 0 atom stereocenters. The van der Waals surface area contributed by atoms with Gasteiger partial charge in [-0.05, 0) is 42.4 Å². The van der Waals surface area contributed by atoms with Gasteiger partial charge in [0.25, 0.3) is 0 Å². The molecule has 3 nitrogen and oxygen atoms in total. The smallest absolute Gasteiger partial charge is 0.234 e. The Morgan fingerprint density at radius 2 is 1.87 bits per heavy atom. The van der Waals surface area contributed by atoms with E-state index in [9.17, 15) is 9.18 Å². The van der Waals surface area contributed by atoms with E-state index in [1.807, 2.05) is 18.0 Å². The van der Waals surface area contributed by atoms with E-state index in [-0.39, 0.29) is 18.3 Å². The Labute approximate surface area is 145 Å². The molecule has 0 aromatic heterocycles. The van der Waals surface area contributed by atoms with Crippen LogP contribution in [0.4, 0.5) is 4.39 Å². The maximum atomic E-state index is 12.8. The summed E-state index contributed by atoms with van der Waals surface area (Å²) in [6.07, 6.45) is 0. The third-order valence-corrected chi connectivity index (χ3v) is 3.86. The molecule has 2 aromatic rings. The highest BCUT2D eigenvalue weighted by Gasteiger charge is 2.09. The van der Waals surface area contributed by atoms with Crippen molar-refractivity contribution in [2.75, 3.05) is 13.6 Å². The fourth-order valence-corrected chi connectivity index (χ4v) is 2.57. The summed E-state index contributed by atoms with van der Waals surface area (Å²) >= 11 is 12.0. The fraction of sp³-hybridized carbons (Fsp3) is 0.235. The third-order valence-electron chi connectivity index (χ3n) is 3.27. The van der Waals surface area contributed by atoms with Crippen LogP contribution in [0.15, 0.2) is 42.5 Å². The second kappa shape index (κ2) is 8.29. The molecule has 0 fully saturated rings. The van der Waals surface area contributed by atoms with Crippen LogP contribution >= 0.6 is 23.2 Å². The summed E-state index contributed by atoms with van der Waals surface area (Å²) in [7, 11) is 1.84. The molecule has 0 aliphatic carbocycles. The van der Waals surface area contributed by atoms with Gasteiger partial charge in [0.15, 0.2) is 0 Å². The maximum absolute atomic E-state index is 12.8. The second-order valence-electron chi connectivity index (χ2n) is 5.31. The van der Waals surface area contributed by atoms with Crippen molar-refractivity contribution < 1.29 is 9.18 Å². The van der Waals surface area contributed by atoms with Crippen LogP contribution in [0.1, 0.15) is 11.1 Å². The van der Waals surface area contributed by atoms with Crippen LogP contribution in [0.3, 0.4) is 0 Å². The minimum Gasteiger partial charge on any atom is -0.351 e. The molecule has 0 bridgehead atoms. The molecule has 1 amide bonds. The third kappa shape index (κ3) is 5.82. The van der Waals surface area contributed by atoms with Crippen LogP contribution in [0, 0.1) is 5.82 Å². The topological polar surface area (TPSA) is 32.3 Å². The molecule has 0 radical (unpaired) electrons. The Morgan fingerprint density at radius 1 is 1.17 bits per heavy atom. The first-order valence-electron chi connectivity index (χ1n) is 7.07. The molecule has 0 saturated carbocycles. The Bertz CT molecular complexity index is 677. The van der Waals surface area contributed by atoms with Crippen LogP contribution in [0.5, 0.6) is 0 Å². The summed E-state index contributed by atoms with van der Waals surface area (Å²) < 4.78 is 12.8. The average Bonchev–Trinajstić information content (AvgIpc) is 2.49. The van der Waals surface area contributed by atoms with Crippen LogP contribution in [-0.4, -0.2) is 24.4 Å². The number of benzene rings is 2. The van der Waals surface area contributed by atoms with E-state index in [1.54, 1.807) is 24.3 Å². The number of hydrogen-bond acceptors (Lipinski definition) is 2. The number of nitrogens with one attached hydrogen (secondary N) is 1. The highest BCUT2D eigenvalue weighted by molar-refractivity contribution is 6.35. The Hall–Kier alpha value is -1.62. The first-order valence-corrected chi connectivity index (χ1v) is 7.83. The predicted molar refractivity (Wildman–Crippen MR) is 91.0 cm³/mol. The zero-order chi connectivity index (χ0) is 16.8. The molecule has 0 aliphatic rings. The molecule has 0 aliphatic heterocycles. The highest BCUT2D eigenvalue weighted by Crippen LogP contribution is 2.21. The van der Waals surface area contributed by atoms with Gasteiger partial charge in [-0.15, -0.1) is 0 Å². The standard InChI is InChI=1S/C17H17Cl2FN2O/c1-22(10-13-4-5-14(18)8-16(13)19)11-17(23)21-9-12-2-6-15(20)7-3-12/h2-8H,9-11H2,1H3,(H,21,23). The number of amides is 1. The van der Waals surface area contributed by atoms with Gasteiger partial charge in [-0.1, -0.05) is 41.4 Å². The fourth-order valence-electron chi connectivity index (χ4n) is 2.10. The van der Waals surface area contributed by atoms with Gasteiger partial charge in [-0.3, -0.25) is 9.69 Å². The van der Waals surface area contributed by atoms with Crippen LogP contribution in [0.2, 0.25) is 10.0 Å². The van der Waals surface area contributed by atoms with Crippen LogP contribution in [-0.2, 0) is 17.9 Å². The number of hydrogen-bond donors (Lipinski definition) is 1. The molecular formula is C17H17Cl2FN2O. The summed E-state index contributed by atoms with van der Waals surface area (Å²) in [6, 6.07) is 11.3. The zero-order valence-electron chi connectivity index (χ0n) is 12.7. The molecule has 0 unspecified atom stereocenters. The largest absolute Gasteiger partial charge is 0.351 e. The molecular weight excluding hydrogens is 338 g/mol. The average molecular weight is 355 g/mol. The number of likely N-dealkylation sites (N-methyl/N-ethyl adjacent to an activating group) is 1. The van der Waals surface area contributed by atoms with E-state index >= 15 is 0 Å². The molecule has 6 heteroatoms. The normalized spacial score (nSPS) is 10.8. The van der Waals surface area contributed by atoms with Crippen molar-refractivity contribution in [2.24, 2.45) is 0 Å². The minimum atomic E-state index is -0.292. The molecule has 0 heterocycles. The number of halogens is 3. The zero-order valence-corrected chi connectivity index (χ0v) is 14.2. The first-order chi connectivity index (χ1) is 10.9. The van der Waals surface area contributed by atoms with Gasteiger partial charge in [-0.2, -0.15) is 0 Å². The number of carbonyl (C=O) groups is 1. The molecule has 122 valence electrons. The van der Waals surface area contributed by atoms with E-state index in [0.29, 0.717) is 23.1 Å². The minimum absolute atomic E-state index is 0.109. The number of carbonyl (C=O) groups excluding carboxylic acids is 1. The lowest BCUT2D eigenvalue weighted by Gasteiger charge is -2.17. The number of nitrogens with zero attached hydrogens (tertiary/aromatic N) is 1. The summed E-state index contributed by atoms with van der Waals surface area (Å²) in [4.78, 5) is 13.8. The van der Waals surface area contributed by atoms with E-state index in [4.69, 9.17) is 23.2 Å². The van der Waals surface area contributed by atoms with Crippen molar-refractivity contribution in [1.29, 1.82) is 0 Å². The van der Waals surface area contributed by atoms with E-state index in [0.717, 1.165) is 11.1 Å². The Kier molecular flexibility index (Phi) is 6.39. The predicted octanol–water partition coefficient (Wildman–Crippen LogP) is 3.88. The van der Waals surface area contributed by atoms with Crippen molar-refractivity contribution in [1.82, 2.24) is 10.2 Å². The van der Waals surface area contributed by atoms with Crippen molar-refractivity contribution in [2.45, 2.75) is 13.1 Å². The van der Waals surface area contributed by atoms with Crippen molar-refractivity contribution in [3.05, 3.63) is 69.5 Å². The first kappa shape index (κ1) is 17.7. The van der Waals surface area contributed by atoms with Crippen molar-refractivity contribution in [3.8, 4) is 0 Å². The van der Waals surface area contributed by atoms with Gasteiger partial charge in [0, 0.05) is 23.1 Å². The van der Waals surface area contributed by atoms with Crippen molar-refractivity contribution in [3.63, 3.8) is 0 Å². The molecule has 23 heavy (non-hydrogen) atoms. The van der Waals surface area contributed by atoms with Crippen molar-refractivity contribution >= 4 is 29.1 Å². The molecule has 1 N–H and O–H groups in total. The summed E-state index contributed by atoms with van der Waals surface area (Å²) in [6.45, 7) is 1.15. The van der Waals surface area contributed by atoms with Gasteiger partial charge in [0.1, 0.15) is 5.82 Å². The van der Waals surface area contributed by atoms with E-state index < -0.39 is 0 Å². The highest BCUT2D eigenvalue weighted by atomic mass is 35.5. The van der Waals surface area contributed by atoms with Gasteiger partial charge in [0.05, 0.1) is 6.54 Å². The quantitative estimate of drug-likeness (QED) is 0.853. The Balaban J connectivity index is 1.81. The maximum Gasteiger partial charge on any atom is 0.234 e. The second-order valence-corrected chi connectivity index (χ2v) is 6.15. The summed E-state index contributed by atoms with van der Waals surface area (Å²) in [5.41, 5.74) is 1.76. The lowest BCUT2D eigenvalue weighted by molar-refractivity contribution is -0.122. The van der Waals surface area contributed by atoms with Gasteiger partial charge >= 0.3 is 0 Å². The van der Waals surface area contributed by atoms with E-state index in [2.05, 4.69) is 5.32 Å². The molecule has 0 spiro atoms. The monoisotopic (exact) mass is 354 g/mol. The van der Waals surface area contributed by atoms with E-state index in [1.165, 1.54) is 12.1 Å². The summed E-state index contributed by atoms with van der Waals surface area (Å²) in [5, 5.41) is 3.96. The van der Waals surface area contributed by atoms with Crippen LogP contribution in [0.25, 0.3) is 0 Å². The van der Waals surface area contributed by atoms with Crippen LogP contribution < -0.4 is 5.32 Å². The SMILES string of the molecule is CN(CC(=O)NCc1ccc(F)cc1)Cc1ccc(Cl)cc1Cl. The van der Waals surface area contributed by atoms with Gasteiger partial charge < -0.3 is 5.32 Å².